The molecule has 0 unspecified atom stereocenters. The van der Waals surface area contributed by atoms with Gasteiger partial charge in [0, 0.05) is 29.7 Å². The van der Waals surface area contributed by atoms with Gasteiger partial charge in [-0.05, 0) is 37.5 Å². The summed E-state index contributed by atoms with van der Waals surface area (Å²) >= 11 is 5.88. The zero-order valence-electron chi connectivity index (χ0n) is 12.4. The molecule has 126 valence electrons. The van der Waals surface area contributed by atoms with Crippen LogP contribution in [0.25, 0.3) is 0 Å². The summed E-state index contributed by atoms with van der Waals surface area (Å²) in [5, 5.41) is 3.23. The summed E-state index contributed by atoms with van der Waals surface area (Å²) in [5.41, 5.74) is 1.42. The third-order valence-electron chi connectivity index (χ3n) is 3.85. The van der Waals surface area contributed by atoms with Crippen molar-refractivity contribution in [3.05, 3.63) is 28.8 Å². The molecule has 0 radical (unpaired) electrons. The lowest BCUT2D eigenvalue weighted by atomic mass is 9.95. The lowest BCUT2D eigenvalue weighted by Crippen LogP contribution is -2.46. The van der Waals surface area contributed by atoms with Crippen LogP contribution in [0.1, 0.15) is 18.4 Å². The van der Waals surface area contributed by atoms with Gasteiger partial charge in [0.05, 0.1) is 0 Å². The molecule has 0 saturated carbocycles. The monoisotopic (exact) mass is 348 g/mol. The van der Waals surface area contributed by atoms with Gasteiger partial charge < -0.3 is 10.2 Å². The minimum Gasteiger partial charge on any atom is -0.335 e. The number of hydrogen-bond acceptors (Lipinski definition) is 2. The molecule has 1 aliphatic rings. The molecule has 1 aromatic carbocycles. The first-order chi connectivity index (χ1) is 10.7. The Kier molecular flexibility index (Phi) is 5.19. The molecule has 1 aromatic rings. The van der Waals surface area contributed by atoms with E-state index < -0.39 is 18.0 Å². The first-order valence-electron chi connectivity index (χ1n) is 7.11. The Morgan fingerprint density at radius 1 is 1.26 bits per heavy atom. The average molecular weight is 349 g/mol. The van der Waals surface area contributed by atoms with Crippen molar-refractivity contribution in [1.29, 1.82) is 0 Å². The first kappa shape index (κ1) is 17.6. The number of carbonyl (C=O) groups excluding carboxylic acids is 2. The summed E-state index contributed by atoms with van der Waals surface area (Å²) in [4.78, 5) is 24.1. The van der Waals surface area contributed by atoms with Crippen molar-refractivity contribution in [1.82, 2.24) is 4.90 Å². The molecule has 23 heavy (non-hydrogen) atoms. The molecule has 2 amide bonds. The summed E-state index contributed by atoms with van der Waals surface area (Å²) in [6.07, 6.45) is -4.46. The van der Waals surface area contributed by atoms with Crippen LogP contribution in [-0.4, -0.2) is 36.0 Å². The number of nitrogens with zero attached hydrogens (tertiary/aromatic N) is 1. The van der Waals surface area contributed by atoms with Gasteiger partial charge in [-0.15, -0.1) is 0 Å². The fraction of sp³-hybridized carbons (Fsp3) is 0.467. The molecule has 2 rings (SSSR count). The number of nitrogens with one attached hydrogen (secondary N) is 1. The number of piperidine rings is 1. The molecule has 4 nitrogen and oxygen atoms in total. The highest BCUT2D eigenvalue weighted by atomic mass is 35.5. The molecule has 0 atom stereocenters. The van der Waals surface area contributed by atoms with Gasteiger partial charge in [-0.3, -0.25) is 9.59 Å². The van der Waals surface area contributed by atoms with Crippen molar-refractivity contribution in [2.75, 3.05) is 18.4 Å². The van der Waals surface area contributed by atoms with E-state index in [4.69, 9.17) is 11.6 Å². The number of halogens is 4. The van der Waals surface area contributed by atoms with Crippen molar-refractivity contribution in [3.63, 3.8) is 0 Å². The van der Waals surface area contributed by atoms with E-state index in [1.54, 1.807) is 18.2 Å². The number of hydrogen-bond donors (Lipinski definition) is 1. The molecular weight excluding hydrogens is 333 g/mol. The largest absolute Gasteiger partial charge is 0.471 e. The van der Waals surface area contributed by atoms with Crippen LogP contribution < -0.4 is 5.32 Å². The van der Waals surface area contributed by atoms with E-state index in [1.807, 2.05) is 6.92 Å². The van der Waals surface area contributed by atoms with Gasteiger partial charge in [-0.25, -0.2) is 0 Å². The minimum atomic E-state index is -4.87. The van der Waals surface area contributed by atoms with E-state index in [0.717, 1.165) is 10.5 Å². The Morgan fingerprint density at radius 3 is 2.43 bits per heavy atom. The SMILES string of the molecule is Cc1ccc(Cl)cc1NC(=O)C1CCN(C(=O)C(F)(F)F)CC1. The molecule has 8 heteroatoms. The highest BCUT2D eigenvalue weighted by Gasteiger charge is 2.43. The number of rotatable bonds is 2. The molecule has 0 bridgehead atoms. The van der Waals surface area contributed by atoms with Crippen LogP contribution in [0.2, 0.25) is 5.02 Å². The highest BCUT2D eigenvalue weighted by Crippen LogP contribution is 2.26. The molecule has 0 aromatic heterocycles. The van der Waals surface area contributed by atoms with Gasteiger partial charge >= 0.3 is 12.1 Å². The summed E-state index contributed by atoms with van der Waals surface area (Å²) in [6.45, 7) is 1.66. The molecule has 0 aliphatic carbocycles. The van der Waals surface area contributed by atoms with Crippen molar-refractivity contribution >= 4 is 29.1 Å². The molecule has 1 saturated heterocycles. The fourth-order valence-electron chi connectivity index (χ4n) is 2.49. The number of benzene rings is 1. The molecular formula is C15H16ClF3N2O2. The minimum absolute atomic E-state index is 0.0784. The quantitative estimate of drug-likeness (QED) is 0.890. The third kappa shape index (κ3) is 4.37. The normalized spacial score (nSPS) is 16.3. The van der Waals surface area contributed by atoms with Crippen LogP contribution >= 0.6 is 11.6 Å². The Bertz CT molecular complexity index is 611. The molecule has 0 spiro atoms. The van der Waals surface area contributed by atoms with E-state index in [1.165, 1.54) is 0 Å². The van der Waals surface area contributed by atoms with Gasteiger partial charge in [-0.2, -0.15) is 13.2 Å². The first-order valence-corrected chi connectivity index (χ1v) is 7.49. The van der Waals surface area contributed by atoms with E-state index >= 15 is 0 Å². The molecule has 1 aliphatic heterocycles. The van der Waals surface area contributed by atoms with Crippen molar-refractivity contribution in [2.45, 2.75) is 25.9 Å². The number of anilines is 1. The molecule has 1 fully saturated rings. The maximum Gasteiger partial charge on any atom is 0.471 e. The van der Waals surface area contributed by atoms with Gasteiger partial charge in [0.15, 0.2) is 0 Å². The van der Waals surface area contributed by atoms with Gasteiger partial charge in [0.2, 0.25) is 5.91 Å². The summed E-state index contributed by atoms with van der Waals surface area (Å²) < 4.78 is 37.1. The Balaban J connectivity index is 1.94. The fourth-order valence-corrected chi connectivity index (χ4v) is 2.66. The highest BCUT2D eigenvalue weighted by molar-refractivity contribution is 6.31. The van der Waals surface area contributed by atoms with Crippen molar-refractivity contribution in [2.24, 2.45) is 5.92 Å². The summed E-state index contributed by atoms with van der Waals surface area (Å²) in [5.74, 6) is -2.54. The summed E-state index contributed by atoms with van der Waals surface area (Å²) in [6, 6.07) is 5.09. The Morgan fingerprint density at radius 2 is 1.87 bits per heavy atom. The lowest BCUT2D eigenvalue weighted by molar-refractivity contribution is -0.186. The second-order valence-electron chi connectivity index (χ2n) is 5.51. The summed E-state index contributed by atoms with van der Waals surface area (Å²) in [7, 11) is 0. The van der Waals surface area contributed by atoms with E-state index in [0.29, 0.717) is 10.7 Å². The smallest absolute Gasteiger partial charge is 0.335 e. The Hall–Kier alpha value is -1.76. The third-order valence-corrected chi connectivity index (χ3v) is 4.09. The van der Waals surface area contributed by atoms with Crippen LogP contribution in [0.3, 0.4) is 0 Å². The number of aryl methyl sites for hydroxylation is 1. The predicted octanol–water partition coefficient (Wildman–Crippen LogP) is 3.39. The van der Waals surface area contributed by atoms with E-state index in [-0.39, 0.29) is 31.8 Å². The van der Waals surface area contributed by atoms with Crippen LogP contribution in [0.4, 0.5) is 18.9 Å². The molecule has 1 heterocycles. The van der Waals surface area contributed by atoms with Gasteiger partial charge in [-0.1, -0.05) is 17.7 Å². The van der Waals surface area contributed by atoms with E-state index in [9.17, 15) is 22.8 Å². The number of amides is 2. The zero-order chi connectivity index (χ0) is 17.2. The lowest BCUT2D eigenvalue weighted by Gasteiger charge is -2.31. The molecule has 1 N–H and O–H groups in total. The van der Waals surface area contributed by atoms with Crippen LogP contribution in [-0.2, 0) is 9.59 Å². The number of alkyl halides is 3. The Labute approximate surface area is 136 Å². The van der Waals surface area contributed by atoms with Crippen molar-refractivity contribution < 1.29 is 22.8 Å². The second kappa shape index (κ2) is 6.78. The topological polar surface area (TPSA) is 49.4 Å². The van der Waals surface area contributed by atoms with Gasteiger partial charge in [0.25, 0.3) is 0 Å². The zero-order valence-corrected chi connectivity index (χ0v) is 13.2. The predicted molar refractivity (Wildman–Crippen MR) is 80.2 cm³/mol. The maximum atomic E-state index is 12.4. The average Bonchev–Trinajstić information content (AvgIpc) is 2.49. The van der Waals surface area contributed by atoms with Crippen LogP contribution in [0.15, 0.2) is 18.2 Å². The van der Waals surface area contributed by atoms with Gasteiger partial charge in [0.1, 0.15) is 0 Å². The number of carbonyl (C=O) groups is 2. The van der Waals surface area contributed by atoms with Crippen molar-refractivity contribution in [3.8, 4) is 0 Å². The second-order valence-corrected chi connectivity index (χ2v) is 5.95. The van der Waals surface area contributed by atoms with Crippen LogP contribution in [0, 0.1) is 12.8 Å². The standard InChI is InChI=1S/C15H16ClF3N2O2/c1-9-2-3-11(16)8-12(9)20-13(22)10-4-6-21(7-5-10)14(23)15(17,18)19/h2-3,8,10H,4-7H2,1H3,(H,20,22). The van der Waals surface area contributed by atoms with Crippen LogP contribution in [0.5, 0.6) is 0 Å². The maximum absolute atomic E-state index is 12.4. The van der Waals surface area contributed by atoms with E-state index in [2.05, 4.69) is 5.32 Å². The number of likely N-dealkylation sites (tertiary alicyclic amines) is 1.